The number of hydrogen-bond donors (Lipinski definition) is 2. The van der Waals surface area contributed by atoms with Gasteiger partial charge in [-0.25, -0.2) is 15.0 Å². The third kappa shape index (κ3) is 4.22. The van der Waals surface area contributed by atoms with E-state index in [2.05, 4.69) is 25.6 Å². The molecule has 0 aliphatic carbocycles. The Morgan fingerprint density at radius 3 is 1.93 bits per heavy atom. The molecule has 0 aliphatic rings. The van der Waals surface area contributed by atoms with Crippen molar-refractivity contribution in [1.82, 2.24) is 15.0 Å². The van der Waals surface area contributed by atoms with E-state index in [9.17, 15) is 10.1 Å². The van der Waals surface area contributed by atoms with Crippen molar-refractivity contribution in [3.8, 4) is 0 Å². The molecule has 4 aromatic rings. The van der Waals surface area contributed by atoms with Crippen LogP contribution in [0.2, 0.25) is 0 Å². The summed E-state index contributed by atoms with van der Waals surface area (Å²) in [6.07, 6.45) is 2.88. The maximum Gasteiger partial charge on any atom is 0.353 e. The second-order valence-corrected chi connectivity index (χ2v) is 6.42. The standard InChI is InChI=1S/C22H18N6O2/c29-28(30)20-21(26-18-13-7-8-14-23-18)24-15-25-22(20)27-19(16-9-3-1-4-10-16)17-11-5-2-6-12-17/h1-15,19H,(H2,23,24,25,26,27). The molecular formula is C22H18N6O2. The van der Waals surface area contributed by atoms with Gasteiger partial charge in [0.1, 0.15) is 12.1 Å². The SMILES string of the molecule is O=[N+]([O-])c1c(Nc2ccccn2)ncnc1NC(c1ccccc1)c1ccccc1. The first-order chi connectivity index (χ1) is 14.7. The fourth-order valence-corrected chi connectivity index (χ4v) is 3.09. The van der Waals surface area contributed by atoms with Crippen molar-refractivity contribution in [2.45, 2.75) is 6.04 Å². The van der Waals surface area contributed by atoms with Crippen LogP contribution in [0.4, 0.5) is 23.1 Å². The molecule has 0 spiro atoms. The van der Waals surface area contributed by atoms with Crippen molar-refractivity contribution in [3.63, 3.8) is 0 Å². The van der Waals surface area contributed by atoms with Crippen molar-refractivity contribution in [1.29, 1.82) is 0 Å². The number of rotatable bonds is 7. The van der Waals surface area contributed by atoms with Crippen molar-refractivity contribution in [2.75, 3.05) is 10.6 Å². The minimum absolute atomic E-state index is 0.0658. The van der Waals surface area contributed by atoms with E-state index < -0.39 is 4.92 Å². The van der Waals surface area contributed by atoms with E-state index in [-0.39, 0.29) is 23.4 Å². The van der Waals surface area contributed by atoms with Crippen LogP contribution in [0.3, 0.4) is 0 Å². The van der Waals surface area contributed by atoms with E-state index in [4.69, 9.17) is 0 Å². The fraction of sp³-hybridized carbons (Fsp3) is 0.0455. The van der Waals surface area contributed by atoms with Gasteiger partial charge in [0, 0.05) is 6.20 Å². The van der Waals surface area contributed by atoms with Gasteiger partial charge in [-0.05, 0) is 23.3 Å². The molecule has 2 N–H and O–H groups in total. The predicted octanol–water partition coefficient (Wildman–Crippen LogP) is 4.72. The van der Waals surface area contributed by atoms with E-state index >= 15 is 0 Å². The molecule has 30 heavy (non-hydrogen) atoms. The molecule has 8 heteroatoms. The summed E-state index contributed by atoms with van der Waals surface area (Å²) in [5.74, 6) is 0.634. The zero-order chi connectivity index (χ0) is 20.8. The van der Waals surface area contributed by atoms with E-state index in [0.29, 0.717) is 5.82 Å². The number of pyridine rings is 1. The van der Waals surface area contributed by atoms with Crippen LogP contribution in [0, 0.1) is 10.1 Å². The Bertz CT molecular complexity index is 1080. The van der Waals surface area contributed by atoms with E-state index in [1.807, 2.05) is 60.7 Å². The summed E-state index contributed by atoms with van der Waals surface area (Å²) in [6, 6.07) is 24.3. The van der Waals surface area contributed by atoms with Gasteiger partial charge in [0.05, 0.1) is 11.0 Å². The highest BCUT2D eigenvalue weighted by Crippen LogP contribution is 2.34. The minimum atomic E-state index is -0.499. The summed E-state index contributed by atoms with van der Waals surface area (Å²) in [5.41, 5.74) is 1.66. The summed E-state index contributed by atoms with van der Waals surface area (Å²) in [5, 5.41) is 18.1. The highest BCUT2D eigenvalue weighted by Gasteiger charge is 2.26. The maximum atomic E-state index is 11.9. The third-order valence-corrected chi connectivity index (χ3v) is 4.46. The largest absolute Gasteiger partial charge is 0.353 e. The molecule has 0 unspecified atom stereocenters. The molecule has 0 saturated carbocycles. The van der Waals surface area contributed by atoms with Gasteiger partial charge in [-0.2, -0.15) is 0 Å². The van der Waals surface area contributed by atoms with Gasteiger partial charge in [0.2, 0.25) is 11.6 Å². The number of nitrogens with one attached hydrogen (secondary N) is 2. The second kappa shape index (κ2) is 8.78. The third-order valence-electron chi connectivity index (χ3n) is 4.46. The van der Waals surface area contributed by atoms with Gasteiger partial charge in [-0.1, -0.05) is 66.7 Å². The van der Waals surface area contributed by atoms with Crippen LogP contribution in [0.5, 0.6) is 0 Å². The van der Waals surface area contributed by atoms with Crippen molar-refractivity contribution < 1.29 is 4.92 Å². The van der Waals surface area contributed by atoms with Crippen molar-refractivity contribution in [2.24, 2.45) is 0 Å². The van der Waals surface area contributed by atoms with Gasteiger partial charge < -0.3 is 10.6 Å². The molecule has 0 radical (unpaired) electrons. The minimum Gasteiger partial charge on any atom is -0.353 e. The summed E-state index contributed by atoms with van der Waals surface area (Å²) < 4.78 is 0. The molecule has 148 valence electrons. The van der Waals surface area contributed by atoms with Crippen LogP contribution in [-0.4, -0.2) is 19.9 Å². The van der Waals surface area contributed by atoms with Crippen LogP contribution in [0.1, 0.15) is 17.2 Å². The van der Waals surface area contributed by atoms with Gasteiger partial charge >= 0.3 is 5.69 Å². The fourth-order valence-electron chi connectivity index (χ4n) is 3.09. The first kappa shape index (κ1) is 19.0. The van der Waals surface area contributed by atoms with Crippen LogP contribution < -0.4 is 10.6 Å². The second-order valence-electron chi connectivity index (χ2n) is 6.42. The van der Waals surface area contributed by atoms with Crippen molar-refractivity contribution in [3.05, 3.63) is 113 Å². The number of benzene rings is 2. The summed E-state index contributed by atoms with van der Waals surface area (Å²) in [4.78, 5) is 23.8. The van der Waals surface area contributed by atoms with Gasteiger partial charge in [-0.15, -0.1) is 0 Å². The average Bonchev–Trinajstić information content (AvgIpc) is 2.79. The quantitative estimate of drug-likeness (QED) is 0.342. The molecule has 0 bridgehead atoms. The molecule has 0 atom stereocenters. The Morgan fingerprint density at radius 1 is 0.767 bits per heavy atom. The van der Waals surface area contributed by atoms with E-state index in [1.54, 1.807) is 24.4 Å². The highest BCUT2D eigenvalue weighted by atomic mass is 16.6. The smallest absolute Gasteiger partial charge is 0.353 e. The zero-order valence-electron chi connectivity index (χ0n) is 15.8. The highest BCUT2D eigenvalue weighted by molar-refractivity contribution is 5.73. The van der Waals surface area contributed by atoms with E-state index in [0.717, 1.165) is 11.1 Å². The molecule has 8 nitrogen and oxygen atoms in total. The number of anilines is 3. The molecule has 0 fully saturated rings. The summed E-state index contributed by atoms with van der Waals surface area (Å²) >= 11 is 0. The average molecular weight is 398 g/mol. The number of nitrogens with zero attached hydrogens (tertiary/aromatic N) is 4. The Morgan fingerprint density at radius 2 is 1.37 bits per heavy atom. The Kier molecular flexibility index (Phi) is 5.56. The number of hydrogen-bond acceptors (Lipinski definition) is 7. The van der Waals surface area contributed by atoms with Crippen LogP contribution in [-0.2, 0) is 0 Å². The molecule has 2 aromatic heterocycles. The molecule has 4 rings (SSSR count). The van der Waals surface area contributed by atoms with Crippen LogP contribution >= 0.6 is 0 Å². The molecule has 0 saturated heterocycles. The zero-order valence-corrected chi connectivity index (χ0v) is 15.8. The lowest BCUT2D eigenvalue weighted by Crippen LogP contribution is -2.15. The number of nitro groups is 1. The normalized spacial score (nSPS) is 10.6. The van der Waals surface area contributed by atoms with Crippen LogP contribution in [0.15, 0.2) is 91.4 Å². The molecule has 2 heterocycles. The molecule has 0 aliphatic heterocycles. The Balaban J connectivity index is 1.75. The summed E-state index contributed by atoms with van der Waals surface area (Å²) in [7, 11) is 0. The lowest BCUT2D eigenvalue weighted by atomic mass is 9.99. The molecule has 0 amide bonds. The Labute approximate surface area is 172 Å². The monoisotopic (exact) mass is 398 g/mol. The first-order valence-electron chi connectivity index (χ1n) is 9.26. The van der Waals surface area contributed by atoms with Gasteiger partial charge in [0.25, 0.3) is 0 Å². The Hall–Kier alpha value is -4.33. The van der Waals surface area contributed by atoms with Crippen LogP contribution in [0.25, 0.3) is 0 Å². The van der Waals surface area contributed by atoms with Gasteiger partial charge in [-0.3, -0.25) is 10.1 Å². The lowest BCUT2D eigenvalue weighted by molar-refractivity contribution is -0.383. The lowest BCUT2D eigenvalue weighted by Gasteiger charge is -2.20. The topological polar surface area (TPSA) is 106 Å². The van der Waals surface area contributed by atoms with Gasteiger partial charge in [0.15, 0.2) is 0 Å². The molecular weight excluding hydrogens is 380 g/mol. The maximum absolute atomic E-state index is 11.9. The predicted molar refractivity (Wildman–Crippen MR) is 115 cm³/mol. The van der Waals surface area contributed by atoms with E-state index in [1.165, 1.54) is 6.33 Å². The molecule has 2 aromatic carbocycles. The number of aromatic nitrogens is 3. The summed E-state index contributed by atoms with van der Waals surface area (Å²) in [6.45, 7) is 0. The van der Waals surface area contributed by atoms with Crippen molar-refractivity contribution >= 4 is 23.1 Å². The first-order valence-corrected chi connectivity index (χ1v) is 9.26.